The minimum atomic E-state index is 0.920. The van der Waals surface area contributed by atoms with Crippen LogP contribution in [0.4, 0.5) is 0 Å². The van der Waals surface area contributed by atoms with Crippen LogP contribution in [0, 0.1) is 0 Å². The summed E-state index contributed by atoms with van der Waals surface area (Å²) in [7, 11) is 18.7. The molecule has 0 unspecified atom stereocenters. The fourth-order valence-electron chi connectivity index (χ4n) is 9.62. The third-order valence-electron chi connectivity index (χ3n) is 13.2. The summed E-state index contributed by atoms with van der Waals surface area (Å²) in [5.74, 6) is 0. The maximum absolute atomic E-state index is 6.55. The summed E-state index contributed by atoms with van der Waals surface area (Å²) in [6, 6.07) is 44.6. The first-order valence-electron chi connectivity index (χ1n) is 19.5. The molecule has 0 N–H and O–H groups in total. The number of hydrogen-bond donors (Lipinski definition) is 0. The highest BCUT2D eigenvalue weighted by atomic mass is 16.3. The van der Waals surface area contributed by atoms with Gasteiger partial charge in [-0.3, -0.25) is 0 Å². The lowest BCUT2D eigenvalue weighted by Crippen LogP contribution is -2.50. The van der Waals surface area contributed by atoms with Crippen LogP contribution in [0.25, 0.3) is 98.4 Å². The van der Waals surface area contributed by atoms with E-state index in [-0.39, 0.29) is 0 Å². The Hall–Kier alpha value is -5.66. The minimum absolute atomic E-state index is 0.920. The van der Waals surface area contributed by atoms with Crippen molar-refractivity contribution in [3.8, 4) is 33.4 Å². The summed E-state index contributed by atoms with van der Waals surface area (Å²) >= 11 is 0. The van der Waals surface area contributed by atoms with E-state index < -0.39 is 0 Å². The summed E-state index contributed by atoms with van der Waals surface area (Å²) in [5, 5.41) is 12.7. The molecule has 1 heterocycles. The van der Waals surface area contributed by atoms with Gasteiger partial charge in [-0.15, -0.1) is 21.9 Å². The van der Waals surface area contributed by atoms with Crippen LogP contribution >= 0.6 is 0 Å². The lowest BCUT2D eigenvalue weighted by atomic mass is 9.59. The first-order chi connectivity index (χ1) is 26.6. The largest absolute Gasteiger partial charge is 0.456 e. The normalized spacial score (nSPS) is 11.9. The second-order valence-corrected chi connectivity index (χ2v) is 15.9. The van der Waals surface area contributed by atoms with E-state index in [1.807, 2.05) is 0 Å². The second kappa shape index (κ2) is 12.4. The average molecular weight is 691 g/mol. The molecule has 0 saturated carbocycles. The molecule has 0 amide bonds. The van der Waals surface area contributed by atoms with E-state index in [9.17, 15) is 0 Å². The van der Waals surface area contributed by atoms with Crippen molar-refractivity contribution in [3.05, 3.63) is 121 Å². The zero-order chi connectivity index (χ0) is 37.9. The van der Waals surface area contributed by atoms with E-state index in [0.29, 0.717) is 0 Å². The Kier molecular flexibility index (Phi) is 7.66. The van der Waals surface area contributed by atoms with Gasteiger partial charge < -0.3 is 4.42 Å². The van der Waals surface area contributed by atoms with Gasteiger partial charge in [-0.25, -0.2) is 0 Å². The highest BCUT2D eigenvalue weighted by Gasteiger charge is 2.26. The van der Waals surface area contributed by atoms with Gasteiger partial charge in [-0.1, -0.05) is 107 Å². The van der Waals surface area contributed by atoms with Gasteiger partial charge in [-0.05, 0) is 113 Å². The molecule has 0 spiro atoms. The third-order valence-corrected chi connectivity index (χ3v) is 13.2. The standard InChI is InChI=1S/C46H36B8O/c47-39-35-33(25-14-15-31-28(18-25)29-17-22-10-4-5-11-23(22)20-32(29)55-31)36-38(42(50)46(54)44(52)40(36)48)34(37(35)41(49)45(53)43(39)51)30-19-26(21-8-2-1-3-9-21)16-24-12-6-7-13-27(24)30/h1-20H,47-54H2. The van der Waals surface area contributed by atoms with Crippen LogP contribution in [0.5, 0.6) is 0 Å². The lowest BCUT2D eigenvalue weighted by Gasteiger charge is -2.28. The first-order valence-corrected chi connectivity index (χ1v) is 19.5. The number of furan rings is 1. The highest BCUT2D eigenvalue weighted by Crippen LogP contribution is 2.45. The first kappa shape index (κ1) is 33.9. The maximum atomic E-state index is 6.55. The van der Waals surface area contributed by atoms with E-state index in [4.69, 9.17) is 4.42 Å². The van der Waals surface area contributed by atoms with E-state index >= 15 is 0 Å². The Morgan fingerprint density at radius 1 is 0.309 bits per heavy atom. The van der Waals surface area contributed by atoms with Gasteiger partial charge in [0.25, 0.3) is 0 Å². The topological polar surface area (TPSA) is 13.1 Å². The van der Waals surface area contributed by atoms with Crippen molar-refractivity contribution in [2.45, 2.75) is 0 Å². The number of hydrogen-bond acceptors (Lipinski definition) is 1. The quantitative estimate of drug-likeness (QED) is 0.176. The predicted octanol–water partition coefficient (Wildman–Crippen LogP) is -0.733. The third kappa shape index (κ3) is 4.91. The molecular formula is C46H36B8O. The van der Waals surface area contributed by atoms with E-state index in [2.05, 4.69) is 184 Å². The lowest BCUT2D eigenvalue weighted by molar-refractivity contribution is 0.669. The van der Waals surface area contributed by atoms with Crippen molar-refractivity contribution < 1.29 is 4.42 Å². The molecular weight excluding hydrogens is 655 g/mol. The number of fused-ring (bicyclic) bond motifs is 7. The second-order valence-electron chi connectivity index (χ2n) is 15.9. The van der Waals surface area contributed by atoms with Crippen LogP contribution in [0.3, 0.4) is 0 Å². The van der Waals surface area contributed by atoms with Crippen LogP contribution in [0.2, 0.25) is 0 Å². The fraction of sp³-hybridized carbons (Fsp3) is 0. The maximum Gasteiger partial charge on any atom is 0.139 e. The van der Waals surface area contributed by atoms with Crippen LogP contribution in [0.15, 0.2) is 126 Å². The average Bonchev–Trinajstić information content (AvgIpc) is 3.57. The SMILES string of the molecule is Bc1c(B)c(B)c2c(-c3cc(-c4ccccc4)cc4ccccc34)c3c(B)c(B)c(B)c(B)c3c(-c3ccc4oc5cc6ccccc6cc5c4c3)c2c1B. The summed E-state index contributed by atoms with van der Waals surface area (Å²) in [6.45, 7) is 0. The number of rotatable bonds is 3. The van der Waals surface area contributed by atoms with E-state index in [1.165, 1.54) is 120 Å². The molecule has 1 nitrogen and oxygen atoms in total. The zero-order valence-electron chi connectivity index (χ0n) is 33.0. The van der Waals surface area contributed by atoms with Crippen molar-refractivity contribution >= 4 is 172 Å². The molecule has 9 heteroatoms. The molecule has 55 heavy (non-hydrogen) atoms. The summed E-state index contributed by atoms with van der Waals surface area (Å²) in [6.07, 6.45) is 0. The zero-order valence-corrected chi connectivity index (χ0v) is 33.0. The Balaban J connectivity index is 1.44. The van der Waals surface area contributed by atoms with Crippen molar-refractivity contribution in [2.24, 2.45) is 0 Å². The Labute approximate surface area is 329 Å². The summed E-state index contributed by atoms with van der Waals surface area (Å²) < 4.78 is 6.55. The molecule has 1 aromatic heterocycles. The molecule has 10 rings (SSSR count). The van der Waals surface area contributed by atoms with Gasteiger partial charge >= 0.3 is 0 Å². The van der Waals surface area contributed by atoms with Crippen molar-refractivity contribution in [1.29, 1.82) is 0 Å². The summed E-state index contributed by atoms with van der Waals surface area (Å²) in [5.41, 5.74) is 20.3. The Morgan fingerprint density at radius 2 is 0.818 bits per heavy atom. The van der Waals surface area contributed by atoms with Crippen molar-refractivity contribution in [3.63, 3.8) is 0 Å². The smallest absolute Gasteiger partial charge is 0.139 e. The van der Waals surface area contributed by atoms with Crippen LogP contribution in [-0.4, -0.2) is 62.8 Å². The predicted molar refractivity (Wildman–Crippen MR) is 265 cm³/mol. The van der Waals surface area contributed by atoms with E-state index in [1.54, 1.807) is 0 Å². The molecule has 10 aromatic rings. The molecule has 0 saturated heterocycles. The van der Waals surface area contributed by atoms with Crippen molar-refractivity contribution in [2.75, 3.05) is 0 Å². The highest BCUT2D eigenvalue weighted by molar-refractivity contribution is 6.71. The molecule has 0 aliphatic heterocycles. The molecule has 0 radical (unpaired) electrons. The van der Waals surface area contributed by atoms with Crippen molar-refractivity contribution in [1.82, 2.24) is 0 Å². The molecule has 0 aliphatic rings. The minimum Gasteiger partial charge on any atom is -0.456 e. The van der Waals surface area contributed by atoms with Crippen LogP contribution < -0.4 is 43.7 Å². The van der Waals surface area contributed by atoms with E-state index in [0.717, 1.165) is 21.9 Å². The molecule has 250 valence electrons. The van der Waals surface area contributed by atoms with Gasteiger partial charge in [0, 0.05) is 10.8 Å². The van der Waals surface area contributed by atoms with Crippen LogP contribution in [-0.2, 0) is 0 Å². The van der Waals surface area contributed by atoms with Gasteiger partial charge in [0.05, 0.1) is 0 Å². The molecule has 0 bridgehead atoms. The fourth-order valence-corrected chi connectivity index (χ4v) is 9.62. The van der Waals surface area contributed by atoms with Gasteiger partial charge in [0.2, 0.25) is 0 Å². The summed E-state index contributed by atoms with van der Waals surface area (Å²) in [4.78, 5) is 0. The molecule has 0 fully saturated rings. The van der Waals surface area contributed by atoms with Gasteiger partial charge in [-0.2, -0.15) is 0 Å². The monoisotopic (exact) mass is 692 g/mol. The van der Waals surface area contributed by atoms with Crippen LogP contribution in [0.1, 0.15) is 0 Å². The Bertz CT molecular complexity index is 3220. The van der Waals surface area contributed by atoms with Gasteiger partial charge in [0.1, 0.15) is 73.9 Å². The number of benzene rings is 9. The molecule has 9 aromatic carbocycles. The molecule has 0 atom stereocenters. The molecule has 0 aliphatic carbocycles. The Morgan fingerprint density at radius 3 is 1.44 bits per heavy atom. The van der Waals surface area contributed by atoms with Gasteiger partial charge in [0.15, 0.2) is 0 Å².